The molecule has 0 heterocycles. The van der Waals surface area contributed by atoms with Crippen LogP contribution in [-0.2, 0) is 0 Å². The second-order valence-corrected chi connectivity index (χ2v) is 5.62. The summed E-state index contributed by atoms with van der Waals surface area (Å²) in [6, 6.07) is 0. The van der Waals surface area contributed by atoms with Gasteiger partial charge in [-0.15, -0.1) is 23.5 Å². The molecule has 0 saturated heterocycles. The molecule has 0 aliphatic heterocycles. The maximum atomic E-state index is 2.24. The highest BCUT2D eigenvalue weighted by molar-refractivity contribution is 8.16. The Labute approximate surface area is 87.9 Å². The van der Waals surface area contributed by atoms with Gasteiger partial charge in [0.05, 0.1) is 0 Å². The number of hydrogen-bond acceptors (Lipinski definition) is 2. The van der Waals surface area contributed by atoms with Gasteiger partial charge in [-0.2, -0.15) is 0 Å². The SMILES string of the molecule is C1=CC(SCSC2C=CC=C2)C=C1. The van der Waals surface area contributed by atoms with Crippen LogP contribution in [0.5, 0.6) is 0 Å². The van der Waals surface area contributed by atoms with Crippen molar-refractivity contribution in [3.05, 3.63) is 48.6 Å². The van der Waals surface area contributed by atoms with Crippen LogP contribution >= 0.6 is 23.5 Å². The summed E-state index contributed by atoms with van der Waals surface area (Å²) in [5.74, 6) is 0. The molecule has 0 aromatic rings. The number of rotatable bonds is 4. The van der Waals surface area contributed by atoms with E-state index in [2.05, 4.69) is 48.6 Å². The molecule has 0 aromatic carbocycles. The van der Waals surface area contributed by atoms with Crippen LogP contribution in [0.3, 0.4) is 0 Å². The molecule has 0 aromatic heterocycles. The molecule has 68 valence electrons. The zero-order valence-corrected chi connectivity index (χ0v) is 8.93. The van der Waals surface area contributed by atoms with Gasteiger partial charge in [0.25, 0.3) is 0 Å². The van der Waals surface area contributed by atoms with Gasteiger partial charge in [0.1, 0.15) is 0 Å². The van der Waals surface area contributed by atoms with Gasteiger partial charge in [0, 0.05) is 15.6 Å². The first-order chi connectivity index (χ1) is 6.45. The molecule has 2 rings (SSSR count). The molecular weight excluding hydrogens is 196 g/mol. The minimum absolute atomic E-state index is 0.613. The van der Waals surface area contributed by atoms with E-state index in [9.17, 15) is 0 Å². The molecule has 0 atom stereocenters. The van der Waals surface area contributed by atoms with Crippen molar-refractivity contribution >= 4 is 23.5 Å². The van der Waals surface area contributed by atoms with Crippen molar-refractivity contribution in [2.75, 3.05) is 5.08 Å². The molecular formula is C11H12S2. The van der Waals surface area contributed by atoms with E-state index in [0.29, 0.717) is 10.5 Å². The van der Waals surface area contributed by atoms with Crippen molar-refractivity contribution in [3.63, 3.8) is 0 Å². The first-order valence-electron chi connectivity index (χ1n) is 4.38. The molecule has 0 radical (unpaired) electrons. The van der Waals surface area contributed by atoms with E-state index >= 15 is 0 Å². The quantitative estimate of drug-likeness (QED) is 0.649. The zero-order valence-electron chi connectivity index (χ0n) is 7.30. The van der Waals surface area contributed by atoms with E-state index < -0.39 is 0 Å². The lowest BCUT2D eigenvalue weighted by molar-refractivity contribution is 1.46. The first kappa shape index (κ1) is 9.22. The highest BCUT2D eigenvalue weighted by Gasteiger charge is 2.07. The third-order valence-corrected chi connectivity index (χ3v) is 4.43. The smallest absolute Gasteiger partial charge is 0.0422 e. The molecule has 0 amide bonds. The third kappa shape index (κ3) is 2.82. The minimum atomic E-state index is 0.613. The Morgan fingerprint density at radius 1 is 0.692 bits per heavy atom. The molecule has 0 saturated carbocycles. The summed E-state index contributed by atoms with van der Waals surface area (Å²) in [5, 5.41) is 2.39. The summed E-state index contributed by atoms with van der Waals surface area (Å²) < 4.78 is 0. The normalized spacial score (nSPS) is 20.9. The average Bonchev–Trinajstić information content (AvgIpc) is 2.75. The fourth-order valence-electron chi connectivity index (χ4n) is 1.24. The van der Waals surface area contributed by atoms with Gasteiger partial charge in [-0.1, -0.05) is 48.6 Å². The lowest BCUT2D eigenvalue weighted by Gasteiger charge is -2.07. The van der Waals surface area contributed by atoms with Gasteiger partial charge in [-0.25, -0.2) is 0 Å². The van der Waals surface area contributed by atoms with Crippen LogP contribution in [0.2, 0.25) is 0 Å². The highest BCUT2D eigenvalue weighted by Crippen LogP contribution is 2.27. The maximum Gasteiger partial charge on any atom is 0.0422 e. The Morgan fingerprint density at radius 2 is 1.08 bits per heavy atom. The highest BCUT2D eigenvalue weighted by atomic mass is 32.2. The molecule has 0 nitrogen and oxygen atoms in total. The van der Waals surface area contributed by atoms with Crippen LogP contribution in [0.4, 0.5) is 0 Å². The summed E-state index contributed by atoms with van der Waals surface area (Å²) in [5.41, 5.74) is 0. The average molecular weight is 208 g/mol. The Morgan fingerprint density at radius 3 is 1.46 bits per heavy atom. The van der Waals surface area contributed by atoms with E-state index in [0.717, 1.165) is 0 Å². The van der Waals surface area contributed by atoms with Crippen LogP contribution in [0, 0.1) is 0 Å². The standard InChI is InChI=1S/C11H12S2/c1-2-6-10(5-1)12-9-13-11-7-3-4-8-11/h1-8,10-11H,9H2. The largest absolute Gasteiger partial charge is 0.139 e. The van der Waals surface area contributed by atoms with Gasteiger partial charge < -0.3 is 0 Å². The van der Waals surface area contributed by atoms with Gasteiger partial charge in [0.15, 0.2) is 0 Å². The monoisotopic (exact) mass is 208 g/mol. The summed E-state index contributed by atoms with van der Waals surface area (Å²) >= 11 is 3.98. The van der Waals surface area contributed by atoms with Crippen molar-refractivity contribution in [2.24, 2.45) is 0 Å². The van der Waals surface area contributed by atoms with Crippen LogP contribution in [0.1, 0.15) is 0 Å². The molecule has 0 spiro atoms. The molecule has 2 aliphatic carbocycles. The van der Waals surface area contributed by atoms with Crippen LogP contribution in [-0.4, -0.2) is 15.6 Å². The number of allylic oxidation sites excluding steroid dienone is 4. The van der Waals surface area contributed by atoms with Crippen molar-refractivity contribution in [1.29, 1.82) is 0 Å². The van der Waals surface area contributed by atoms with Gasteiger partial charge in [-0.05, 0) is 0 Å². The second kappa shape index (κ2) is 4.77. The fraction of sp³-hybridized carbons (Fsp3) is 0.273. The lowest BCUT2D eigenvalue weighted by atomic mass is 10.5. The van der Waals surface area contributed by atoms with Gasteiger partial charge >= 0.3 is 0 Å². The Hall–Kier alpha value is -0.340. The molecule has 0 N–H and O–H groups in total. The lowest BCUT2D eigenvalue weighted by Crippen LogP contribution is -1.94. The summed E-state index contributed by atoms with van der Waals surface area (Å²) in [7, 11) is 0. The van der Waals surface area contributed by atoms with Crippen molar-refractivity contribution < 1.29 is 0 Å². The topological polar surface area (TPSA) is 0 Å². The number of thioether (sulfide) groups is 2. The maximum absolute atomic E-state index is 2.24. The van der Waals surface area contributed by atoms with E-state index in [1.807, 2.05) is 23.5 Å². The van der Waals surface area contributed by atoms with Gasteiger partial charge in [0.2, 0.25) is 0 Å². The van der Waals surface area contributed by atoms with E-state index in [1.165, 1.54) is 5.08 Å². The Bertz CT molecular complexity index is 222. The predicted octanol–water partition coefficient (Wildman–Crippen LogP) is 3.40. The third-order valence-electron chi connectivity index (χ3n) is 1.95. The zero-order chi connectivity index (χ0) is 8.93. The van der Waals surface area contributed by atoms with Crippen molar-refractivity contribution in [1.82, 2.24) is 0 Å². The predicted molar refractivity (Wildman–Crippen MR) is 64.2 cm³/mol. The van der Waals surface area contributed by atoms with Crippen LogP contribution in [0.25, 0.3) is 0 Å². The van der Waals surface area contributed by atoms with Crippen LogP contribution in [0.15, 0.2) is 48.6 Å². The Kier molecular flexibility index (Phi) is 3.39. The minimum Gasteiger partial charge on any atom is -0.139 e. The molecule has 0 bridgehead atoms. The molecule has 2 heteroatoms. The van der Waals surface area contributed by atoms with E-state index in [4.69, 9.17) is 0 Å². The van der Waals surface area contributed by atoms with Crippen molar-refractivity contribution in [3.8, 4) is 0 Å². The van der Waals surface area contributed by atoms with Gasteiger partial charge in [-0.3, -0.25) is 0 Å². The van der Waals surface area contributed by atoms with E-state index in [1.54, 1.807) is 0 Å². The first-order valence-corrected chi connectivity index (χ1v) is 6.48. The number of hydrogen-bond donors (Lipinski definition) is 0. The summed E-state index contributed by atoms with van der Waals surface area (Å²) in [4.78, 5) is 0. The molecule has 0 unspecified atom stereocenters. The fourth-order valence-corrected chi connectivity index (χ4v) is 3.62. The summed E-state index contributed by atoms with van der Waals surface area (Å²) in [6.07, 6.45) is 17.5. The molecule has 2 aliphatic rings. The molecule has 0 fully saturated rings. The molecule has 13 heavy (non-hydrogen) atoms. The van der Waals surface area contributed by atoms with Crippen LogP contribution < -0.4 is 0 Å². The van der Waals surface area contributed by atoms with Crippen molar-refractivity contribution in [2.45, 2.75) is 10.5 Å². The van der Waals surface area contributed by atoms with E-state index in [-0.39, 0.29) is 0 Å². The Balaban J connectivity index is 1.63. The second-order valence-electron chi connectivity index (χ2n) is 2.92. The summed E-state index contributed by atoms with van der Waals surface area (Å²) in [6.45, 7) is 0.